The molecule has 0 bridgehead atoms. The maximum absolute atomic E-state index is 13.4. The third-order valence-corrected chi connectivity index (χ3v) is 6.81. The molecule has 2 aromatic carbocycles. The van der Waals surface area contributed by atoms with E-state index in [-0.39, 0.29) is 5.91 Å². The van der Waals surface area contributed by atoms with E-state index in [0.717, 1.165) is 38.4 Å². The quantitative estimate of drug-likeness (QED) is 0.359. The standard InChI is InChI=1S/C26H29N3O2S/c1-7-29-22-12-11-20(31-8-2)14-21(22)17(5)24(29)25(30)28-26-27-23(18(6)32-26)19-10-9-15(3)16(4)13-19/h9-14H,7-8H2,1-6H3,(H,27,28,30). The summed E-state index contributed by atoms with van der Waals surface area (Å²) in [5.74, 6) is 0.677. The van der Waals surface area contributed by atoms with Crippen molar-refractivity contribution in [3.63, 3.8) is 0 Å². The number of hydrogen-bond acceptors (Lipinski definition) is 4. The van der Waals surface area contributed by atoms with Gasteiger partial charge in [-0.05, 0) is 82.5 Å². The van der Waals surface area contributed by atoms with E-state index in [1.165, 1.54) is 22.5 Å². The molecule has 0 saturated heterocycles. The third kappa shape index (κ3) is 3.91. The molecule has 0 aliphatic carbocycles. The molecule has 0 atom stereocenters. The van der Waals surface area contributed by atoms with Gasteiger partial charge >= 0.3 is 0 Å². The van der Waals surface area contributed by atoms with E-state index in [1.807, 2.05) is 39.0 Å². The highest BCUT2D eigenvalue weighted by molar-refractivity contribution is 7.16. The average molecular weight is 448 g/mol. The maximum Gasteiger partial charge on any atom is 0.274 e. The molecule has 1 amide bonds. The van der Waals surface area contributed by atoms with Gasteiger partial charge in [0, 0.05) is 27.9 Å². The summed E-state index contributed by atoms with van der Waals surface area (Å²) in [5, 5.41) is 4.70. The topological polar surface area (TPSA) is 56.1 Å². The molecule has 5 nitrogen and oxygen atoms in total. The zero-order valence-corrected chi connectivity index (χ0v) is 20.3. The second-order valence-electron chi connectivity index (χ2n) is 8.01. The molecule has 166 valence electrons. The minimum atomic E-state index is -0.140. The maximum atomic E-state index is 13.4. The number of aromatic nitrogens is 2. The van der Waals surface area contributed by atoms with Crippen LogP contribution in [-0.4, -0.2) is 22.1 Å². The van der Waals surface area contributed by atoms with Crippen LogP contribution in [-0.2, 0) is 6.54 Å². The van der Waals surface area contributed by atoms with Crippen molar-refractivity contribution in [2.45, 2.75) is 48.1 Å². The number of ether oxygens (including phenoxy) is 1. The lowest BCUT2D eigenvalue weighted by Crippen LogP contribution is -2.17. The van der Waals surface area contributed by atoms with Gasteiger partial charge in [0.05, 0.1) is 12.3 Å². The van der Waals surface area contributed by atoms with Crippen molar-refractivity contribution in [1.29, 1.82) is 0 Å². The Morgan fingerprint density at radius 1 is 1.06 bits per heavy atom. The van der Waals surface area contributed by atoms with Gasteiger partial charge in [-0.3, -0.25) is 10.1 Å². The number of hydrogen-bond donors (Lipinski definition) is 1. The van der Waals surface area contributed by atoms with Crippen LogP contribution in [0.4, 0.5) is 5.13 Å². The van der Waals surface area contributed by atoms with Crippen LogP contribution in [0.25, 0.3) is 22.2 Å². The Morgan fingerprint density at radius 3 is 2.53 bits per heavy atom. The summed E-state index contributed by atoms with van der Waals surface area (Å²) in [6, 6.07) is 12.4. The Balaban J connectivity index is 1.68. The SMILES string of the molecule is CCOc1ccc2c(c1)c(C)c(C(=O)Nc1nc(-c3ccc(C)c(C)c3)c(C)s1)n2CC. The number of benzene rings is 2. The summed E-state index contributed by atoms with van der Waals surface area (Å²) in [5.41, 5.74) is 7.12. The molecule has 32 heavy (non-hydrogen) atoms. The summed E-state index contributed by atoms with van der Waals surface area (Å²) < 4.78 is 7.72. The highest BCUT2D eigenvalue weighted by Gasteiger charge is 2.22. The largest absolute Gasteiger partial charge is 0.494 e. The van der Waals surface area contributed by atoms with Crippen molar-refractivity contribution in [2.24, 2.45) is 0 Å². The fourth-order valence-corrected chi connectivity index (χ4v) is 4.97. The molecular formula is C26H29N3O2S. The van der Waals surface area contributed by atoms with Gasteiger partial charge in [-0.25, -0.2) is 4.98 Å². The molecule has 0 saturated carbocycles. The zero-order valence-electron chi connectivity index (χ0n) is 19.5. The van der Waals surface area contributed by atoms with E-state index in [2.05, 4.69) is 48.9 Å². The summed E-state index contributed by atoms with van der Waals surface area (Å²) in [4.78, 5) is 19.2. The molecule has 2 aromatic heterocycles. The first-order valence-corrected chi connectivity index (χ1v) is 11.8. The van der Waals surface area contributed by atoms with Gasteiger partial charge in [-0.2, -0.15) is 0 Å². The van der Waals surface area contributed by atoms with Gasteiger partial charge in [0.15, 0.2) is 5.13 Å². The number of fused-ring (bicyclic) bond motifs is 1. The van der Waals surface area contributed by atoms with Crippen LogP contribution in [0.2, 0.25) is 0 Å². The molecule has 0 unspecified atom stereocenters. The Labute approximate surface area is 193 Å². The number of nitrogens with one attached hydrogen (secondary N) is 1. The predicted octanol–water partition coefficient (Wildman–Crippen LogP) is 6.67. The van der Waals surface area contributed by atoms with Gasteiger partial charge in [0.1, 0.15) is 11.4 Å². The van der Waals surface area contributed by atoms with Crippen LogP contribution in [0.1, 0.15) is 45.9 Å². The Bertz CT molecular complexity index is 1320. The lowest BCUT2D eigenvalue weighted by molar-refractivity contribution is 0.101. The first-order valence-electron chi connectivity index (χ1n) is 11.0. The minimum absolute atomic E-state index is 0.140. The lowest BCUT2D eigenvalue weighted by atomic mass is 10.0. The lowest BCUT2D eigenvalue weighted by Gasteiger charge is -2.08. The summed E-state index contributed by atoms with van der Waals surface area (Å²) >= 11 is 1.51. The van der Waals surface area contributed by atoms with Gasteiger partial charge in [0.2, 0.25) is 0 Å². The van der Waals surface area contributed by atoms with Crippen LogP contribution in [0.5, 0.6) is 5.75 Å². The van der Waals surface area contributed by atoms with Crippen LogP contribution >= 0.6 is 11.3 Å². The predicted molar refractivity (Wildman–Crippen MR) is 133 cm³/mol. The van der Waals surface area contributed by atoms with Gasteiger partial charge in [-0.1, -0.05) is 12.1 Å². The number of carbonyl (C=O) groups is 1. The van der Waals surface area contributed by atoms with Crippen molar-refractivity contribution in [1.82, 2.24) is 9.55 Å². The summed E-state index contributed by atoms with van der Waals surface area (Å²) in [7, 11) is 0. The average Bonchev–Trinajstić information content (AvgIpc) is 3.26. The normalized spacial score (nSPS) is 11.2. The Kier molecular flexibility index (Phi) is 6.07. The first-order chi connectivity index (χ1) is 15.3. The molecule has 2 heterocycles. The number of thiazole rings is 1. The molecule has 4 rings (SSSR count). The molecule has 0 spiro atoms. The highest BCUT2D eigenvalue weighted by Crippen LogP contribution is 2.33. The van der Waals surface area contributed by atoms with Crippen LogP contribution < -0.4 is 10.1 Å². The van der Waals surface area contributed by atoms with Crippen LogP contribution in [0, 0.1) is 27.7 Å². The monoisotopic (exact) mass is 447 g/mol. The van der Waals surface area contributed by atoms with E-state index in [0.29, 0.717) is 24.0 Å². The fourth-order valence-electron chi connectivity index (χ4n) is 4.14. The van der Waals surface area contributed by atoms with E-state index < -0.39 is 0 Å². The van der Waals surface area contributed by atoms with Crippen molar-refractivity contribution >= 4 is 33.3 Å². The van der Waals surface area contributed by atoms with Crippen molar-refractivity contribution in [3.8, 4) is 17.0 Å². The second kappa shape index (κ2) is 8.79. The minimum Gasteiger partial charge on any atom is -0.494 e. The van der Waals surface area contributed by atoms with Crippen molar-refractivity contribution in [2.75, 3.05) is 11.9 Å². The molecule has 0 fully saturated rings. The molecule has 4 aromatic rings. The molecule has 0 aliphatic heterocycles. The van der Waals surface area contributed by atoms with E-state index >= 15 is 0 Å². The Morgan fingerprint density at radius 2 is 1.84 bits per heavy atom. The third-order valence-electron chi connectivity index (χ3n) is 5.93. The van der Waals surface area contributed by atoms with E-state index in [9.17, 15) is 4.79 Å². The van der Waals surface area contributed by atoms with Crippen molar-refractivity contribution < 1.29 is 9.53 Å². The highest BCUT2D eigenvalue weighted by atomic mass is 32.1. The van der Waals surface area contributed by atoms with E-state index in [1.54, 1.807) is 0 Å². The molecular weight excluding hydrogens is 418 g/mol. The second-order valence-corrected chi connectivity index (χ2v) is 9.21. The summed E-state index contributed by atoms with van der Waals surface area (Å²) in [6.07, 6.45) is 0. The molecule has 6 heteroatoms. The number of aryl methyl sites for hydroxylation is 5. The molecule has 0 aliphatic rings. The first kappa shape index (κ1) is 22.1. The number of amides is 1. The van der Waals surface area contributed by atoms with Crippen LogP contribution in [0.3, 0.4) is 0 Å². The van der Waals surface area contributed by atoms with Gasteiger partial charge in [-0.15, -0.1) is 11.3 Å². The molecule has 1 N–H and O–H groups in total. The smallest absolute Gasteiger partial charge is 0.274 e. The fraction of sp³-hybridized carbons (Fsp3) is 0.308. The number of carbonyl (C=O) groups excluding carboxylic acids is 1. The summed E-state index contributed by atoms with van der Waals surface area (Å²) in [6.45, 7) is 13.6. The number of nitrogens with zero attached hydrogens (tertiary/aromatic N) is 2. The van der Waals surface area contributed by atoms with Gasteiger partial charge in [0.25, 0.3) is 5.91 Å². The zero-order chi connectivity index (χ0) is 23.0. The molecule has 0 radical (unpaired) electrons. The van der Waals surface area contributed by atoms with Crippen molar-refractivity contribution in [3.05, 3.63) is 63.7 Å². The number of anilines is 1. The van der Waals surface area contributed by atoms with E-state index in [4.69, 9.17) is 9.72 Å². The Hall–Kier alpha value is -3.12. The number of rotatable bonds is 6. The van der Waals surface area contributed by atoms with Crippen LogP contribution in [0.15, 0.2) is 36.4 Å². The van der Waals surface area contributed by atoms with Gasteiger partial charge < -0.3 is 9.30 Å².